The minimum atomic E-state index is -0.498. The van der Waals surface area contributed by atoms with Crippen LogP contribution in [0.4, 0.5) is 10.5 Å². The number of nitrogens with one attached hydrogen (secondary N) is 1. The van der Waals surface area contributed by atoms with Crippen LogP contribution in [0.5, 0.6) is 0 Å². The Labute approximate surface area is 135 Å². The Balaban J connectivity index is 2.28. The fourth-order valence-corrected chi connectivity index (χ4v) is 2.78. The van der Waals surface area contributed by atoms with Crippen LogP contribution in [0.25, 0.3) is 5.52 Å². The van der Waals surface area contributed by atoms with Crippen LogP contribution in [-0.4, -0.2) is 33.2 Å². The highest BCUT2D eigenvalue weighted by Gasteiger charge is 2.08. The van der Waals surface area contributed by atoms with Crippen molar-refractivity contribution >= 4 is 50.2 Å². The van der Waals surface area contributed by atoms with Crippen LogP contribution in [-0.2, 0) is 4.74 Å². The van der Waals surface area contributed by atoms with Gasteiger partial charge in [0.15, 0.2) is 5.17 Å². The molecule has 112 valence electrons. The van der Waals surface area contributed by atoms with Crippen molar-refractivity contribution < 1.29 is 9.53 Å². The van der Waals surface area contributed by atoms with Gasteiger partial charge in [0.25, 0.3) is 0 Å². The highest BCUT2D eigenvalue weighted by Crippen LogP contribution is 2.23. The second-order valence-electron chi connectivity index (χ2n) is 3.90. The zero-order chi connectivity index (χ0) is 15.2. The Kier molecular flexibility index (Phi) is 5.63. The molecule has 0 aliphatic heterocycles. The third-order valence-corrected chi connectivity index (χ3v) is 3.75. The number of halogens is 1. The molecule has 21 heavy (non-hydrogen) atoms. The summed E-state index contributed by atoms with van der Waals surface area (Å²) in [4.78, 5) is 16.0. The zero-order valence-electron chi connectivity index (χ0n) is 11.7. The van der Waals surface area contributed by atoms with E-state index in [9.17, 15) is 4.79 Å². The van der Waals surface area contributed by atoms with Crippen molar-refractivity contribution in [3.8, 4) is 0 Å². The molecule has 2 heterocycles. The summed E-state index contributed by atoms with van der Waals surface area (Å²) in [6.07, 6.45) is 1.22. The normalized spacial score (nSPS) is 11.7. The zero-order valence-corrected chi connectivity index (χ0v) is 14.1. The van der Waals surface area contributed by atoms with Gasteiger partial charge in [-0.05, 0) is 46.8 Å². The molecule has 8 heteroatoms. The van der Waals surface area contributed by atoms with Gasteiger partial charge < -0.3 is 4.74 Å². The standard InChI is InChI=1S/C13H15BrN4O2S/c1-3-20-13(19)17-12(21-4-2)16-9-7-10-5-6-15-18(10)11(14)8-9/h5-8H,3-4H2,1-2H3,(H,16,17,19). The molecule has 0 aromatic carbocycles. The number of rotatable bonds is 3. The minimum Gasteiger partial charge on any atom is -0.450 e. The minimum absolute atomic E-state index is 0.323. The molecule has 0 aliphatic rings. The van der Waals surface area contributed by atoms with E-state index in [1.165, 1.54) is 11.8 Å². The Morgan fingerprint density at radius 1 is 1.52 bits per heavy atom. The maximum Gasteiger partial charge on any atom is 0.413 e. The van der Waals surface area contributed by atoms with Gasteiger partial charge in [-0.3, -0.25) is 5.32 Å². The van der Waals surface area contributed by atoms with Crippen LogP contribution >= 0.6 is 27.7 Å². The highest BCUT2D eigenvalue weighted by atomic mass is 79.9. The summed E-state index contributed by atoms with van der Waals surface area (Å²) < 4.78 is 7.42. The summed E-state index contributed by atoms with van der Waals surface area (Å²) in [5.74, 6) is 0.793. The summed E-state index contributed by atoms with van der Waals surface area (Å²) in [5.41, 5.74) is 1.64. The van der Waals surface area contributed by atoms with Crippen molar-refractivity contribution in [2.45, 2.75) is 13.8 Å². The first-order valence-corrected chi connectivity index (χ1v) is 8.20. The first-order chi connectivity index (χ1) is 10.1. The number of hydrogen-bond acceptors (Lipinski definition) is 5. The van der Waals surface area contributed by atoms with Crippen molar-refractivity contribution in [2.24, 2.45) is 4.99 Å². The molecule has 2 aromatic rings. The molecule has 0 bridgehead atoms. The second-order valence-corrected chi connectivity index (χ2v) is 5.96. The predicted molar refractivity (Wildman–Crippen MR) is 88.3 cm³/mol. The lowest BCUT2D eigenvalue weighted by atomic mass is 10.3. The number of nitrogens with zero attached hydrogens (tertiary/aromatic N) is 3. The average molecular weight is 371 g/mol. The number of carbonyl (C=O) groups excluding carboxylic acids is 1. The summed E-state index contributed by atoms with van der Waals surface area (Å²) >= 11 is 4.88. The molecule has 6 nitrogen and oxygen atoms in total. The first kappa shape index (κ1) is 15.8. The highest BCUT2D eigenvalue weighted by molar-refractivity contribution is 9.10. The van der Waals surface area contributed by atoms with Crippen LogP contribution in [0, 0.1) is 0 Å². The van der Waals surface area contributed by atoms with Crippen molar-refractivity contribution in [2.75, 3.05) is 12.4 Å². The summed E-state index contributed by atoms with van der Waals surface area (Å²) in [7, 11) is 0. The number of amidine groups is 1. The third kappa shape index (κ3) is 4.21. The molecule has 0 radical (unpaired) electrons. The number of alkyl carbamates (subject to hydrolysis) is 1. The van der Waals surface area contributed by atoms with Gasteiger partial charge in [0.05, 0.1) is 24.0 Å². The molecule has 0 saturated carbocycles. The van der Waals surface area contributed by atoms with Gasteiger partial charge in [0.1, 0.15) is 4.60 Å². The largest absolute Gasteiger partial charge is 0.450 e. The number of carbonyl (C=O) groups is 1. The molecule has 0 aliphatic carbocycles. The van der Waals surface area contributed by atoms with Gasteiger partial charge in [-0.15, -0.1) is 0 Å². The van der Waals surface area contributed by atoms with Crippen LogP contribution < -0.4 is 5.32 Å². The molecular weight excluding hydrogens is 356 g/mol. The monoisotopic (exact) mass is 370 g/mol. The summed E-state index contributed by atoms with van der Waals surface area (Å²) in [6, 6.07) is 5.61. The van der Waals surface area contributed by atoms with E-state index in [0.29, 0.717) is 11.8 Å². The van der Waals surface area contributed by atoms with E-state index in [1.54, 1.807) is 17.6 Å². The number of amides is 1. The quantitative estimate of drug-likeness (QED) is 0.509. The van der Waals surface area contributed by atoms with Crippen molar-refractivity contribution in [1.82, 2.24) is 14.9 Å². The number of hydrogen-bond donors (Lipinski definition) is 1. The molecular formula is C13H15BrN4O2S. The van der Waals surface area contributed by atoms with Gasteiger partial charge in [-0.1, -0.05) is 18.7 Å². The number of pyridine rings is 1. The molecule has 0 saturated heterocycles. The van der Waals surface area contributed by atoms with Crippen molar-refractivity contribution in [3.63, 3.8) is 0 Å². The fourth-order valence-electron chi connectivity index (χ4n) is 1.65. The van der Waals surface area contributed by atoms with Crippen molar-refractivity contribution in [3.05, 3.63) is 29.0 Å². The van der Waals surface area contributed by atoms with Gasteiger partial charge >= 0.3 is 6.09 Å². The molecule has 1 amide bonds. The maximum atomic E-state index is 11.5. The van der Waals surface area contributed by atoms with Crippen LogP contribution in [0.2, 0.25) is 0 Å². The SMILES string of the molecule is CCOC(=O)NC(=Nc1cc(Br)n2nccc2c1)SCC. The van der Waals surface area contributed by atoms with E-state index in [2.05, 4.69) is 31.3 Å². The van der Waals surface area contributed by atoms with E-state index in [-0.39, 0.29) is 0 Å². The second kappa shape index (κ2) is 7.46. The molecule has 0 atom stereocenters. The van der Waals surface area contributed by atoms with Crippen molar-refractivity contribution in [1.29, 1.82) is 0 Å². The van der Waals surface area contributed by atoms with E-state index in [1.807, 2.05) is 25.1 Å². The number of fused-ring (bicyclic) bond motifs is 1. The fraction of sp³-hybridized carbons (Fsp3) is 0.308. The third-order valence-electron chi connectivity index (χ3n) is 2.43. The van der Waals surface area contributed by atoms with E-state index < -0.39 is 6.09 Å². The van der Waals surface area contributed by atoms with Crippen LogP contribution in [0.3, 0.4) is 0 Å². The molecule has 0 spiro atoms. The number of ether oxygens (including phenoxy) is 1. The van der Waals surface area contributed by atoms with Gasteiger partial charge in [0, 0.05) is 0 Å². The lowest BCUT2D eigenvalue weighted by Gasteiger charge is -2.08. The average Bonchev–Trinajstić information content (AvgIpc) is 2.88. The van der Waals surface area contributed by atoms with E-state index >= 15 is 0 Å². The topological polar surface area (TPSA) is 68.0 Å². The molecule has 2 rings (SSSR count). The van der Waals surface area contributed by atoms with E-state index in [4.69, 9.17) is 4.74 Å². The van der Waals surface area contributed by atoms with Gasteiger partial charge in [-0.2, -0.15) is 5.10 Å². The predicted octanol–water partition coefficient (Wildman–Crippen LogP) is 3.58. The molecule has 0 fully saturated rings. The van der Waals surface area contributed by atoms with Crippen LogP contribution in [0.1, 0.15) is 13.8 Å². The lowest BCUT2D eigenvalue weighted by Crippen LogP contribution is -2.29. The Bertz CT molecular complexity index is 671. The molecule has 1 N–H and O–H groups in total. The smallest absolute Gasteiger partial charge is 0.413 e. The van der Waals surface area contributed by atoms with Gasteiger partial charge in [-0.25, -0.2) is 14.3 Å². The number of thioether (sulfide) groups is 1. The Morgan fingerprint density at radius 2 is 2.33 bits per heavy atom. The van der Waals surface area contributed by atoms with Crippen LogP contribution in [0.15, 0.2) is 34.0 Å². The molecule has 2 aromatic heterocycles. The maximum absolute atomic E-state index is 11.5. The molecule has 0 unspecified atom stereocenters. The van der Waals surface area contributed by atoms with Gasteiger partial charge in [0.2, 0.25) is 0 Å². The van der Waals surface area contributed by atoms with E-state index in [0.717, 1.165) is 21.6 Å². The number of aromatic nitrogens is 2. The lowest BCUT2D eigenvalue weighted by molar-refractivity contribution is 0.158. The Hall–Kier alpha value is -1.54. The first-order valence-electron chi connectivity index (χ1n) is 6.42. The number of aliphatic imine (C=N–C) groups is 1. The summed E-state index contributed by atoms with van der Waals surface area (Å²) in [6.45, 7) is 4.07. The Morgan fingerprint density at radius 3 is 3.05 bits per heavy atom. The summed E-state index contributed by atoms with van der Waals surface area (Å²) in [5, 5.41) is 7.32.